The highest BCUT2D eigenvalue weighted by Crippen LogP contribution is 2.25. The van der Waals surface area contributed by atoms with Gasteiger partial charge in [0.2, 0.25) is 10.0 Å². The van der Waals surface area contributed by atoms with E-state index in [2.05, 4.69) is 9.71 Å². The number of pyridine rings is 1. The number of anilines is 1. The lowest BCUT2D eigenvalue weighted by Gasteiger charge is -2.20. The van der Waals surface area contributed by atoms with Crippen LogP contribution in [0.1, 0.15) is 6.92 Å². The van der Waals surface area contributed by atoms with E-state index < -0.39 is 10.0 Å². The molecular formula is C14H20N4O2S. The molecule has 1 aromatic heterocycles. The number of sulfonamides is 1. The molecule has 3 N–H and O–H groups in total. The van der Waals surface area contributed by atoms with E-state index in [1.165, 1.54) is 6.07 Å². The summed E-state index contributed by atoms with van der Waals surface area (Å²) in [7, 11) is 0.177. The maximum absolute atomic E-state index is 12.5. The molecule has 2 rings (SSSR count). The van der Waals surface area contributed by atoms with Crippen molar-refractivity contribution in [1.29, 1.82) is 0 Å². The van der Waals surface area contributed by atoms with E-state index in [-0.39, 0.29) is 10.9 Å². The zero-order chi connectivity index (χ0) is 15.6. The van der Waals surface area contributed by atoms with E-state index in [9.17, 15) is 8.42 Å². The highest BCUT2D eigenvalue weighted by molar-refractivity contribution is 7.89. The highest BCUT2D eigenvalue weighted by atomic mass is 32.2. The normalized spacial score (nSPS) is 13.7. The summed E-state index contributed by atoms with van der Waals surface area (Å²) in [5.74, 6) is 0. The average Bonchev–Trinajstić information content (AvgIpc) is 2.45. The second-order valence-electron chi connectivity index (χ2n) is 5.22. The van der Waals surface area contributed by atoms with E-state index in [1.807, 2.05) is 25.9 Å². The number of rotatable bonds is 5. The van der Waals surface area contributed by atoms with Gasteiger partial charge in [-0.15, -0.1) is 0 Å². The highest BCUT2D eigenvalue weighted by Gasteiger charge is 2.20. The molecule has 0 radical (unpaired) electrons. The Hall–Kier alpha value is -1.70. The summed E-state index contributed by atoms with van der Waals surface area (Å²) < 4.78 is 27.6. The first-order valence-electron chi connectivity index (χ1n) is 6.62. The summed E-state index contributed by atoms with van der Waals surface area (Å²) >= 11 is 0. The van der Waals surface area contributed by atoms with Crippen LogP contribution in [-0.2, 0) is 10.0 Å². The van der Waals surface area contributed by atoms with Crippen molar-refractivity contribution in [3.8, 4) is 0 Å². The molecule has 1 unspecified atom stereocenters. The van der Waals surface area contributed by atoms with Crippen molar-refractivity contribution in [2.75, 3.05) is 26.4 Å². The Morgan fingerprint density at radius 2 is 2.05 bits per heavy atom. The van der Waals surface area contributed by atoms with Crippen molar-refractivity contribution in [2.45, 2.75) is 17.9 Å². The molecule has 0 amide bonds. The summed E-state index contributed by atoms with van der Waals surface area (Å²) in [5.41, 5.74) is 6.77. The van der Waals surface area contributed by atoms with Crippen LogP contribution >= 0.6 is 0 Å². The molecule has 0 bridgehead atoms. The molecule has 0 saturated heterocycles. The number of fused-ring (bicyclic) bond motifs is 1. The third-order valence-electron chi connectivity index (χ3n) is 3.51. The van der Waals surface area contributed by atoms with Gasteiger partial charge in [-0.05, 0) is 45.3 Å². The van der Waals surface area contributed by atoms with Crippen molar-refractivity contribution >= 4 is 26.6 Å². The molecule has 21 heavy (non-hydrogen) atoms. The minimum atomic E-state index is -3.63. The Balaban J connectivity index is 2.39. The monoisotopic (exact) mass is 308 g/mol. The lowest BCUT2D eigenvalue weighted by atomic mass is 10.2. The molecule has 7 heteroatoms. The second kappa shape index (κ2) is 5.97. The predicted molar refractivity (Wildman–Crippen MR) is 84.5 cm³/mol. The Morgan fingerprint density at radius 1 is 1.33 bits per heavy atom. The third kappa shape index (κ3) is 3.31. The van der Waals surface area contributed by atoms with Gasteiger partial charge in [0.25, 0.3) is 0 Å². The van der Waals surface area contributed by atoms with E-state index in [0.717, 1.165) is 0 Å². The fourth-order valence-corrected chi connectivity index (χ4v) is 3.16. The average molecular weight is 308 g/mol. The van der Waals surface area contributed by atoms with Crippen LogP contribution in [-0.4, -0.2) is 45.0 Å². The third-order valence-corrected chi connectivity index (χ3v) is 4.96. The van der Waals surface area contributed by atoms with Gasteiger partial charge in [0.05, 0.1) is 5.52 Å². The summed E-state index contributed by atoms with van der Waals surface area (Å²) in [6.07, 6.45) is 1.56. The predicted octanol–water partition coefficient (Wildman–Crippen LogP) is 1.05. The van der Waals surface area contributed by atoms with Crippen molar-refractivity contribution in [2.24, 2.45) is 0 Å². The molecule has 1 aromatic carbocycles. The first-order chi connectivity index (χ1) is 9.83. The number of hydrogen-bond donors (Lipinski definition) is 2. The Kier molecular flexibility index (Phi) is 4.46. The Labute approximate surface area is 125 Å². The first-order valence-corrected chi connectivity index (χ1v) is 8.10. The molecule has 114 valence electrons. The Morgan fingerprint density at radius 3 is 2.71 bits per heavy atom. The molecule has 6 nitrogen and oxygen atoms in total. The number of nitrogen functional groups attached to an aromatic ring is 1. The van der Waals surface area contributed by atoms with E-state index in [0.29, 0.717) is 23.1 Å². The van der Waals surface area contributed by atoms with E-state index >= 15 is 0 Å². The molecule has 0 saturated carbocycles. The fourth-order valence-electron chi connectivity index (χ4n) is 1.88. The zero-order valence-electron chi connectivity index (χ0n) is 12.4. The summed E-state index contributed by atoms with van der Waals surface area (Å²) in [6, 6.07) is 6.67. The van der Waals surface area contributed by atoms with Gasteiger partial charge in [0, 0.05) is 29.9 Å². The van der Waals surface area contributed by atoms with E-state index in [4.69, 9.17) is 5.73 Å². The van der Waals surface area contributed by atoms with Crippen LogP contribution < -0.4 is 10.5 Å². The maximum atomic E-state index is 12.5. The number of benzene rings is 1. The van der Waals surface area contributed by atoms with Crippen LogP contribution in [0.4, 0.5) is 5.69 Å². The molecule has 0 aliphatic heterocycles. The molecule has 2 aromatic rings. The molecule has 0 spiro atoms. The summed E-state index contributed by atoms with van der Waals surface area (Å²) in [5, 5.41) is 0.640. The lowest BCUT2D eigenvalue weighted by molar-refractivity contribution is 0.314. The van der Waals surface area contributed by atoms with Gasteiger partial charge in [0.15, 0.2) is 0 Å². The van der Waals surface area contributed by atoms with Gasteiger partial charge in [0.1, 0.15) is 4.90 Å². The second-order valence-corrected chi connectivity index (χ2v) is 6.95. The smallest absolute Gasteiger partial charge is 0.242 e. The SMILES string of the molecule is CC(CNS(=O)(=O)c1ccc(N)c2cccnc12)N(C)C. The first kappa shape index (κ1) is 15.7. The zero-order valence-corrected chi connectivity index (χ0v) is 13.2. The lowest BCUT2D eigenvalue weighted by Crippen LogP contribution is -2.38. The van der Waals surface area contributed by atoms with Crippen LogP contribution in [0.5, 0.6) is 0 Å². The van der Waals surface area contributed by atoms with Crippen molar-refractivity contribution in [3.05, 3.63) is 30.5 Å². The van der Waals surface area contributed by atoms with Gasteiger partial charge in [-0.3, -0.25) is 4.98 Å². The Bertz CT molecular complexity index is 744. The van der Waals surface area contributed by atoms with Crippen LogP contribution in [0.2, 0.25) is 0 Å². The van der Waals surface area contributed by atoms with Gasteiger partial charge in [-0.1, -0.05) is 0 Å². The number of nitrogens with two attached hydrogens (primary N) is 1. The standard InChI is InChI=1S/C14H20N4O2S/c1-10(18(2)3)9-17-21(19,20)13-7-6-12(15)11-5-4-8-16-14(11)13/h4-8,10,17H,9,15H2,1-3H3. The van der Waals surface area contributed by atoms with Crippen LogP contribution in [0.25, 0.3) is 10.9 Å². The van der Waals surface area contributed by atoms with Gasteiger partial charge in [-0.2, -0.15) is 0 Å². The van der Waals surface area contributed by atoms with Crippen molar-refractivity contribution in [3.63, 3.8) is 0 Å². The summed E-state index contributed by atoms with van der Waals surface area (Å²) in [4.78, 5) is 6.26. The largest absolute Gasteiger partial charge is 0.398 e. The minimum Gasteiger partial charge on any atom is -0.398 e. The van der Waals surface area contributed by atoms with Crippen LogP contribution in [0.3, 0.4) is 0 Å². The number of aromatic nitrogens is 1. The summed E-state index contributed by atoms with van der Waals surface area (Å²) in [6.45, 7) is 2.27. The molecular weight excluding hydrogens is 288 g/mol. The maximum Gasteiger partial charge on any atom is 0.242 e. The van der Waals surface area contributed by atoms with Crippen LogP contribution in [0, 0.1) is 0 Å². The molecule has 1 heterocycles. The quantitative estimate of drug-likeness (QED) is 0.806. The number of hydrogen-bond acceptors (Lipinski definition) is 5. The van der Waals surface area contributed by atoms with Crippen LogP contribution in [0.15, 0.2) is 35.4 Å². The minimum absolute atomic E-state index is 0.0905. The molecule has 0 fully saturated rings. The molecule has 1 atom stereocenters. The van der Waals surface area contributed by atoms with Gasteiger partial charge >= 0.3 is 0 Å². The van der Waals surface area contributed by atoms with Crippen molar-refractivity contribution in [1.82, 2.24) is 14.6 Å². The van der Waals surface area contributed by atoms with E-state index in [1.54, 1.807) is 24.4 Å². The van der Waals surface area contributed by atoms with Gasteiger partial charge < -0.3 is 10.6 Å². The number of nitrogens with zero attached hydrogens (tertiary/aromatic N) is 2. The topological polar surface area (TPSA) is 88.3 Å². The number of likely N-dealkylation sites (N-methyl/N-ethyl adjacent to an activating group) is 1. The number of nitrogens with one attached hydrogen (secondary N) is 1. The van der Waals surface area contributed by atoms with Crippen molar-refractivity contribution < 1.29 is 8.42 Å². The van der Waals surface area contributed by atoms with Gasteiger partial charge in [-0.25, -0.2) is 13.1 Å². The molecule has 0 aliphatic carbocycles. The molecule has 0 aliphatic rings. The fraction of sp³-hybridized carbons (Fsp3) is 0.357.